The first-order valence-corrected chi connectivity index (χ1v) is 3.87. The molecule has 1 rings (SSSR count). The average molecular weight is 186 g/mol. The summed E-state index contributed by atoms with van der Waals surface area (Å²) >= 11 is 5.70. The largest absolute Gasteiger partial charge is 0.269 e. The van der Waals surface area contributed by atoms with Crippen molar-refractivity contribution in [2.24, 2.45) is 12.0 Å². The summed E-state index contributed by atoms with van der Waals surface area (Å²) < 4.78 is 1.61. The Labute approximate surface area is 74.9 Å². The summed E-state index contributed by atoms with van der Waals surface area (Å²) in [4.78, 5) is 13.5. The van der Waals surface area contributed by atoms with E-state index in [9.17, 15) is 4.79 Å². The number of hydrogen-bond acceptors (Lipinski definition) is 3. The number of nitrogens with zero attached hydrogens (tertiary/aromatic N) is 3. The normalized spacial score (nSPS) is 9.58. The van der Waals surface area contributed by atoms with E-state index in [4.69, 9.17) is 11.6 Å². The Morgan fingerprint density at radius 3 is 2.92 bits per heavy atom. The van der Waals surface area contributed by atoms with Crippen LogP contribution in [0, 0.1) is 0 Å². The number of halogens is 1. The molecule has 0 bridgehead atoms. The standard InChI is InChI=1S/C7H8ClN3O/c1-3-5-6(9-4-12)7(8)10-11(5)2/h3H2,1-2H3. The lowest BCUT2D eigenvalue weighted by molar-refractivity contribution is 0.565. The molecule has 4 nitrogen and oxygen atoms in total. The molecule has 0 unspecified atom stereocenters. The van der Waals surface area contributed by atoms with E-state index in [-0.39, 0.29) is 5.15 Å². The monoisotopic (exact) mass is 185 g/mol. The molecule has 0 N–H and O–H groups in total. The highest BCUT2D eigenvalue weighted by Crippen LogP contribution is 2.27. The summed E-state index contributed by atoms with van der Waals surface area (Å²) in [5.41, 5.74) is 1.26. The first-order chi connectivity index (χ1) is 5.70. The Hall–Kier alpha value is -1.12. The molecule has 64 valence electrons. The summed E-state index contributed by atoms with van der Waals surface area (Å²) in [6.45, 7) is 1.94. The van der Waals surface area contributed by atoms with E-state index in [1.54, 1.807) is 11.7 Å². The summed E-state index contributed by atoms with van der Waals surface area (Å²) in [5, 5.41) is 4.16. The van der Waals surface area contributed by atoms with Gasteiger partial charge in [-0.2, -0.15) is 10.1 Å². The maximum atomic E-state index is 10.0. The van der Waals surface area contributed by atoms with Gasteiger partial charge in [-0.25, -0.2) is 4.79 Å². The van der Waals surface area contributed by atoms with Crippen LogP contribution in [0.5, 0.6) is 0 Å². The van der Waals surface area contributed by atoms with Crippen LogP contribution in [0.3, 0.4) is 0 Å². The highest BCUT2D eigenvalue weighted by Gasteiger charge is 2.11. The molecule has 0 fully saturated rings. The lowest BCUT2D eigenvalue weighted by atomic mass is 10.3. The number of aliphatic imine (C=N–C) groups is 1. The van der Waals surface area contributed by atoms with Crippen molar-refractivity contribution in [2.75, 3.05) is 0 Å². The van der Waals surface area contributed by atoms with E-state index >= 15 is 0 Å². The lowest BCUT2D eigenvalue weighted by Crippen LogP contribution is -1.95. The molecule has 0 atom stereocenters. The molecule has 1 heterocycles. The predicted molar refractivity (Wildman–Crippen MR) is 45.4 cm³/mol. The van der Waals surface area contributed by atoms with E-state index in [0.29, 0.717) is 5.69 Å². The molecule has 0 spiro atoms. The highest BCUT2D eigenvalue weighted by molar-refractivity contribution is 6.32. The van der Waals surface area contributed by atoms with Gasteiger partial charge >= 0.3 is 0 Å². The fourth-order valence-corrected chi connectivity index (χ4v) is 1.33. The molecule has 1 aromatic rings. The van der Waals surface area contributed by atoms with Gasteiger partial charge in [0.2, 0.25) is 6.08 Å². The van der Waals surface area contributed by atoms with Crippen molar-refractivity contribution in [3.8, 4) is 0 Å². The van der Waals surface area contributed by atoms with Crippen LogP contribution in [0.2, 0.25) is 5.15 Å². The molecular weight excluding hydrogens is 178 g/mol. The fraction of sp³-hybridized carbons (Fsp3) is 0.429. The van der Waals surface area contributed by atoms with E-state index < -0.39 is 0 Å². The van der Waals surface area contributed by atoms with Crippen LogP contribution in [-0.4, -0.2) is 15.9 Å². The number of hydrogen-bond donors (Lipinski definition) is 0. The highest BCUT2D eigenvalue weighted by atomic mass is 35.5. The number of aryl methyl sites for hydroxylation is 1. The third kappa shape index (κ3) is 1.40. The van der Waals surface area contributed by atoms with Crippen LogP contribution in [0.1, 0.15) is 12.6 Å². The second-order valence-electron chi connectivity index (χ2n) is 2.27. The Bertz CT molecular complexity index is 339. The summed E-state index contributed by atoms with van der Waals surface area (Å²) in [6, 6.07) is 0. The van der Waals surface area contributed by atoms with Crippen LogP contribution in [0.25, 0.3) is 0 Å². The second kappa shape index (κ2) is 3.52. The Balaban J connectivity index is 3.31. The molecule has 0 saturated heterocycles. The Morgan fingerprint density at radius 1 is 1.75 bits per heavy atom. The van der Waals surface area contributed by atoms with Crippen molar-refractivity contribution in [3.63, 3.8) is 0 Å². The Kier molecular flexibility index (Phi) is 2.63. The van der Waals surface area contributed by atoms with Crippen LogP contribution >= 0.6 is 11.6 Å². The minimum Gasteiger partial charge on any atom is -0.269 e. The maximum absolute atomic E-state index is 10.0. The number of aromatic nitrogens is 2. The number of carbonyl (C=O) groups excluding carboxylic acids is 1. The van der Waals surface area contributed by atoms with Crippen molar-refractivity contribution in [1.29, 1.82) is 0 Å². The van der Waals surface area contributed by atoms with E-state index in [0.717, 1.165) is 12.1 Å². The summed E-state index contributed by atoms with van der Waals surface area (Å²) in [5.74, 6) is 0. The molecule has 0 aliphatic carbocycles. The zero-order valence-electron chi connectivity index (χ0n) is 6.83. The van der Waals surface area contributed by atoms with E-state index in [2.05, 4.69) is 10.1 Å². The van der Waals surface area contributed by atoms with Crippen molar-refractivity contribution < 1.29 is 4.79 Å². The smallest absolute Gasteiger partial charge is 0.240 e. The molecule has 0 aliphatic heterocycles. The molecular formula is C7H8ClN3O. The number of rotatable bonds is 2. The van der Waals surface area contributed by atoms with Crippen molar-refractivity contribution >= 4 is 23.4 Å². The van der Waals surface area contributed by atoms with E-state index in [1.165, 1.54) is 6.08 Å². The molecule has 0 aliphatic rings. The first kappa shape index (κ1) is 8.97. The minimum atomic E-state index is 0.248. The summed E-state index contributed by atoms with van der Waals surface area (Å²) in [7, 11) is 1.76. The third-order valence-electron chi connectivity index (χ3n) is 1.59. The van der Waals surface area contributed by atoms with Crippen molar-refractivity contribution in [1.82, 2.24) is 9.78 Å². The molecule has 5 heteroatoms. The number of isocyanates is 1. The summed E-state index contributed by atoms with van der Waals surface area (Å²) in [6.07, 6.45) is 2.18. The Morgan fingerprint density at radius 2 is 2.42 bits per heavy atom. The third-order valence-corrected chi connectivity index (χ3v) is 1.84. The topological polar surface area (TPSA) is 47.2 Å². The molecule has 12 heavy (non-hydrogen) atoms. The van der Waals surface area contributed by atoms with Gasteiger partial charge in [0.15, 0.2) is 5.15 Å². The van der Waals surface area contributed by atoms with Crippen LogP contribution in [0.15, 0.2) is 4.99 Å². The van der Waals surface area contributed by atoms with Crippen LogP contribution in [-0.2, 0) is 18.3 Å². The van der Waals surface area contributed by atoms with Gasteiger partial charge in [0.05, 0.1) is 5.69 Å². The van der Waals surface area contributed by atoms with Gasteiger partial charge < -0.3 is 0 Å². The molecule has 0 radical (unpaired) electrons. The van der Waals surface area contributed by atoms with Crippen molar-refractivity contribution in [2.45, 2.75) is 13.3 Å². The van der Waals surface area contributed by atoms with E-state index in [1.807, 2.05) is 6.92 Å². The fourth-order valence-electron chi connectivity index (χ4n) is 1.06. The minimum absolute atomic E-state index is 0.248. The zero-order chi connectivity index (χ0) is 9.14. The van der Waals surface area contributed by atoms with Gasteiger partial charge in [0, 0.05) is 7.05 Å². The van der Waals surface area contributed by atoms with Gasteiger partial charge in [0.1, 0.15) is 5.69 Å². The van der Waals surface area contributed by atoms with Crippen LogP contribution < -0.4 is 0 Å². The quantitative estimate of drug-likeness (QED) is 0.519. The molecule has 0 amide bonds. The van der Waals surface area contributed by atoms with Gasteiger partial charge in [-0.15, -0.1) is 0 Å². The molecule has 1 aromatic heterocycles. The van der Waals surface area contributed by atoms with Gasteiger partial charge in [-0.1, -0.05) is 18.5 Å². The second-order valence-corrected chi connectivity index (χ2v) is 2.62. The maximum Gasteiger partial charge on any atom is 0.240 e. The zero-order valence-corrected chi connectivity index (χ0v) is 7.59. The van der Waals surface area contributed by atoms with Gasteiger partial charge in [-0.3, -0.25) is 4.68 Å². The predicted octanol–water partition coefficient (Wildman–Crippen LogP) is 1.60. The lowest BCUT2D eigenvalue weighted by Gasteiger charge is -1.95. The molecule has 0 aromatic carbocycles. The van der Waals surface area contributed by atoms with Crippen molar-refractivity contribution in [3.05, 3.63) is 10.8 Å². The average Bonchev–Trinajstić information content (AvgIpc) is 2.28. The first-order valence-electron chi connectivity index (χ1n) is 3.50. The SMILES string of the molecule is CCc1c(N=C=O)c(Cl)nn1C. The van der Waals surface area contributed by atoms with Gasteiger partial charge in [0.25, 0.3) is 0 Å². The van der Waals surface area contributed by atoms with Gasteiger partial charge in [-0.05, 0) is 6.42 Å². The molecule has 0 saturated carbocycles. The van der Waals surface area contributed by atoms with Crippen LogP contribution in [0.4, 0.5) is 5.69 Å².